The van der Waals surface area contributed by atoms with E-state index >= 15 is 0 Å². The van der Waals surface area contributed by atoms with E-state index < -0.39 is 0 Å². The number of thioether (sulfide) groups is 1. The average Bonchev–Trinajstić information content (AvgIpc) is 3.06. The van der Waals surface area contributed by atoms with Gasteiger partial charge in [0.25, 0.3) is 0 Å². The Hall–Kier alpha value is -1.64. The van der Waals surface area contributed by atoms with Crippen LogP contribution < -0.4 is 5.73 Å². The van der Waals surface area contributed by atoms with Crippen molar-refractivity contribution in [3.63, 3.8) is 0 Å². The Morgan fingerprint density at radius 2 is 1.95 bits per heavy atom. The second-order valence-electron chi connectivity index (χ2n) is 3.70. The Morgan fingerprint density at radius 1 is 1.15 bits per heavy atom. The summed E-state index contributed by atoms with van der Waals surface area (Å²) in [5, 5.41) is 16.7. The van der Waals surface area contributed by atoms with E-state index in [0.717, 1.165) is 9.90 Å². The topological polar surface area (TPSA) is 90.7 Å². The molecule has 0 saturated carbocycles. The Bertz CT molecular complexity index is 712. The summed E-state index contributed by atoms with van der Waals surface area (Å²) in [6, 6.07) is 7.22. The summed E-state index contributed by atoms with van der Waals surface area (Å²) in [4.78, 5) is 0. The number of nitrogens with zero attached hydrogens (tertiary/aromatic N) is 4. The molecule has 0 unspecified atom stereocenters. The van der Waals surface area contributed by atoms with Crippen molar-refractivity contribution in [2.24, 2.45) is 0 Å². The van der Waals surface area contributed by atoms with Crippen LogP contribution in [0.2, 0.25) is 5.02 Å². The van der Waals surface area contributed by atoms with Gasteiger partial charge in [-0.15, -0.1) is 20.4 Å². The number of aromatic nitrogens is 4. The van der Waals surface area contributed by atoms with Crippen molar-refractivity contribution in [1.29, 1.82) is 0 Å². The van der Waals surface area contributed by atoms with Gasteiger partial charge >= 0.3 is 0 Å². The van der Waals surface area contributed by atoms with Gasteiger partial charge in [0.15, 0.2) is 4.34 Å². The van der Waals surface area contributed by atoms with Crippen LogP contribution in [0.15, 0.2) is 33.0 Å². The maximum Gasteiger partial charge on any atom is 0.247 e. The maximum absolute atomic E-state index is 5.83. The summed E-state index contributed by atoms with van der Waals surface area (Å²) in [6.07, 6.45) is 0. The van der Waals surface area contributed by atoms with Crippen molar-refractivity contribution in [3.05, 3.63) is 35.2 Å². The van der Waals surface area contributed by atoms with Crippen LogP contribution in [0.5, 0.6) is 0 Å². The molecule has 2 N–H and O–H groups in total. The molecular formula is C11H8ClN5OS2. The summed E-state index contributed by atoms with van der Waals surface area (Å²) in [5.74, 6) is 1.51. The first-order valence-corrected chi connectivity index (χ1v) is 7.69. The maximum atomic E-state index is 5.83. The Balaban J connectivity index is 1.69. The minimum atomic E-state index is 0.444. The summed E-state index contributed by atoms with van der Waals surface area (Å²) in [5.41, 5.74) is 6.34. The van der Waals surface area contributed by atoms with E-state index in [0.29, 0.717) is 27.7 Å². The third kappa shape index (κ3) is 3.09. The minimum absolute atomic E-state index is 0.444. The number of hydrogen-bond acceptors (Lipinski definition) is 8. The summed E-state index contributed by atoms with van der Waals surface area (Å²) < 4.78 is 6.35. The van der Waals surface area contributed by atoms with Gasteiger partial charge in [0.1, 0.15) is 0 Å². The molecule has 0 amide bonds. The predicted molar refractivity (Wildman–Crippen MR) is 78.6 cm³/mol. The first-order valence-electron chi connectivity index (χ1n) is 5.51. The molecule has 1 aromatic carbocycles. The van der Waals surface area contributed by atoms with Crippen molar-refractivity contribution in [2.75, 3.05) is 5.73 Å². The third-order valence-electron chi connectivity index (χ3n) is 2.30. The zero-order valence-electron chi connectivity index (χ0n) is 9.99. The zero-order chi connectivity index (χ0) is 13.9. The van der Waals surface area contributed by atoms with Gasteiger partial charge in [0, 0.05) is 10.6 Å². The SMILES string of the molecule is Nc1nnc(SCc2nnc(-c3ccc(Cl)cc3)o2)s1. The molecule has 3 aromatic rings. The van der Waals surface area contributed by atoms with Crippen LogP contribution in [-0.2, 0) is 5.75 Å². The number of anilines is 1. The minimum Gasteiger partial charge on any atom is -0.420 e. The summed E-state index contributed by atoms with van der Waals surface area (Å²) in [7, 11) is 0. The Morgan fingerprint density at radius 3 is 2.65 bits per heavy atom. The Kier molecular flexibility index (Phi) is 3.86. The van der Waals surface area contributed by atoms with E-state index in [1.807, 2.05) is 12.1 Å². The van der Waals surface area contributed by atoms with Crippen LogP contribution in [0.4, 0.5) is 5.13 Å². The molecule has 2 heterocycles. The quantitative estimate of drug-likeness (QED) is 0.737. The van der Waals surface area contributed by atoms with Crippen molar-refractivity contribution in [1.82, 2.24) is 20.4 Å². The van der Waals surface area contributed by atoms with Gasteiger partial charge in [-0.05, 0) is 24.3 Å². The predicted octanol–water partition coefficient (Wildman–Crippen LogP) is 3.12. The highest BCUT2D eigenvalue weighted by Crippen LogP contribution is 2.27. The van der Waals surface area contributed by atoms with E-state index in [9.17, 15) is 0 Å². The molecule has 6 nitrogen and oxygen atoms in total. The first kappa shape index (κ1) is 13.3. The Labute approximate surface area is 127 Å². The van der Waals surface area contributed by atoms with Gasteiger partial charge in [-0.1, -0.05) is 34.7 Å². The molecule has 0 aliphatic carbocycles. The van der Waals surface area contributed by atoms with Crippen molar-refractivity contribution >= 4 is 39.8 Å². The number of benzene rings is 1. The van der Waals surface area contributed by atoms with Crippen LogP contribution in [0, 0.1) is 0 Å². The molecular weight excluding hydrogens is 318 g/mol. The first-order chi connectivity index (χ1) is 9.70. The molecule has 0 fully saturated rings. The molecule has 0 spiro atoms. The molecule has 9 heteroatoms. The molecule has 3 rings (SSSR count). The molecule has 0 saturated heterocycles. The van der Waals surface area contributed by atoms with Gasteiger partial charge in [-0.25, -0.2) is 0 Å². The van der Waals surface area contributed by atoms with E-state index in [1.165, 1.54) is 23.1 Å². The number of nitrogens with two attached hydrogens (primary N) is 1. The van der Waals surface area contributed by atoms with E-state index in [1.54, 1.807) is 12.1 Å². The fourth-order valence-electron chi connectivity index (χ4n) is 1.42. The van der Waals surface area contributed by atoms with Gasteiger partial charge in [0.2, 0.25) is 16.9 Å². The lowest BCUT2D eigenvalue weighted by Crippen LogP contribution is -1.80. The van der Waals surface area contributed by atoms with E-state index in [-0.39, 0.29) is 0 Å². The van der Waals surface area contributed by atoms with Crippen LogP contribution in [0.25, 0.3) is 11.5 Å². The zero-order valence-corrected chi connectivity index (χ0v) is 12.4. The van der Waals surface area contributed by atoms with Gasteiger partial charge in [-0.3, -0.25) is 0 Å². The molecule has 0 atom stereocenters. The van der Waals surface area contributed by atoms with Gasteiger partial charge in [0.05, 0.1) is 5.75 Å². The van der Waals surface area contributed by atoms with Gasteiger partial charge < -0.3 is 10.2 Å². The molecule has 20 heavy (non-hydrogen) atoms. The van der Waals surface area contributed by atoms with Crippen LogP contribution in [-0.4, -0.2) is 20.4 Å². The highest BCUT2D eigenvalue weighted by atomic mass is 35.5. The smallest absolute Gasteiger partial charge is 0.247 e. The standard InChI is InChI=1S/C11H8ClN5OS2/c12-7-3-1-6(2-4-7)9-15-14-8(18-9)5-19-11-17-16-10(13)20-11/h1-4H,5H2,(H2,13,16). The van der Waals surface area contributed by atoms with E-state index in [4.69, 9.17) is 21.8 Å². The number of rotatable bonds is 4. The molecule has 0 bridgehead atoms. The van der Waals surface area contributed by atoms with Crippen molar-refractivity contribution in [3.8, 4) is 11.5 Å². The van der Waals surface area contributed by atoms with Crippen molar-refractivity contribution in [2.45, 2.75) is 10.1 Å². The largest absolute Gasteiger partial charge is 0.420 e. The molecule has 0 aliphatic heterocycles. The molecule has 102 valence electrons. The number of halogens is 1. The normalized spacial score (nSPS) is 10.8. The highest BCUT2D eigenvalue weighted by Gasteiger charge is 2.10. The number of hydrogen-bond donors (Lipinski definition) is 1. The third-order valence-corrected chi connectivity index (χ3v) is 4.42. The second-order valence-corrected chi connectivity index (χ2v) is 6.37. The lowest BCUT2D eigenvalue weighted by molar-refractivity contribution is 0.528. The molecule has 2 aromatic heterocycles. The fraction of sp³-hybridized carbons (Fsp3) is 0.0909. The van der Waals surface area contributed by atoms with E-state index in [2.05, 4.69) is 20.4 Å². The highest BCUT2D eigenvalue weighted by molar-refractivity contribution is 8.00. The average molecular weight is 326 g/mol. The fourth-order valence-corrected chi connectivity index (χ4v) is 3.02. The van der Waals surface area contributed by atoms with Crippen LogP contribution >= 0.6 is 34.7 Å². The van der Waals surface area contributed by atoms with Crippen LogP contribution in [0.1, 0.15) is 5.89 Å². The summed E-state index contributed by atoms with van der Waals surface area (Å²) in [6.45, 7) is 0. The molecule has 0 radical (unpaired) electrons. The van der Waals surface area contributed by atoms with Crippen LogP contribution in [0.3, 0.4) is 0 Å². The lowest BCUT2D eigenvalue weighted by Gasteiger charge is -1.94. The number of nitrogen functional groups attached to an aromatic ring is 1. The monoisotopic (exact) mass is 325 g/mol. The molecule has 0 aliphatic rings. The second kappa shape index (κ2) is 5.78. The lowest BCUT2D eigenvalue weighted by atomic mass is 10.2. The summed E-state index contributed by atoms with van der Waals surface area (Å²) >= 11 is 8.61. The van der Waals surface area contributed by atoms with Gasteiger partial charge in [-0.2, -0.15) is 0 Å². The van der Waals surface area contributed by atoms with Crippen molar-refractivity contribution < 1.29 is 4.42 Å².